The average Bonchev–Trinajstić information content (AvgIpc) is 2.38. The summed E-state index contributed by atoms with van der Waals surface area (Å²) in [7, 11) is -4.43. The molecule has 1 aromatic carbocycles. The molecule has 0 radical (unpaired) electrons. The van der Waals surface area contributed by atoms with Gasteiger partial charge >= 0.3 is 6.18 Å². The smallest absolute Gasteiger partial charge is 0.207 e. The van der Waals surface area contributed by atoms with Gasteiger partial charge in [0.15, 0.2) is 0 Å². The summed E-state index contributed by atoms with van der Waals surface area (Å²) in [6.07, 6.45) is -4.92. The van der Waals surface area contributed by atoms with Gasteiger partial charge in [-0.2, -0.15) is 22.7 Å². The Balaban J connectivity index is 3.33. The van der Waals surface area contributed by atoms with Crippen LogP contribution in [0.4, 0.5) is 17.6 Å². The molecule has 0 aromatic heterocycles. The van der Waals surface area contributed by atoms with E-state index in [0.29, 0.717) is 12.1 Å². The van der Waals surface area contributed by atoms with Crippen LogP contribution < -0.4 is 0 Å². The predicted octanol–water partition coefficient (Wildman–Crippen LogP) is 2.77. The third-order valence-electron chi connectivity index (χ3n) is 2.70. The van der Waals surface area contributed by atoms with E-state index in [-0.39, 0.29) is 25.6 Å². The number of hydrogen-bond acceptors (Lipinski definition) is 3. The van der Waals surface area contributed by atoms with E-state index in [0.717, 1.165) is 4.31 Å². The fourth-order valence-corrected chi connectivity index (χ4v) is 3.18. The maximum atomic E-state index is 13.6. The molecule has 116 valence electrons. The van der Waals surface area contributed by atoms with E-state index in [1.807, 2.05) is 0 Å². The first-order valence-corrected chi connectivity index (χ1v) is 7.32. The molecule has 21 heavy (non-hydrogen) atoms. The van der Waals surface area contributed by atoms with Gasteiger partial charge in [0.05, 0.1) is 11.6 Å². The van der Waals surface area contributed by atoms with Crippen LogP contribution in [-0.4, -0.2) is 25.8 Å². The summed E-state index contributed by atoms with van der Waals surface area (Å²) in [5.41, 5.74) is -1.25. The first-order valence-electron chi connectivity index (χ1n) is 5.88. The van der Waals surface area contributed by atoms with Crippen molar-refractivity contribution in [1.29, 1.82) is 5.26 Å². The molecule has 1 rings (SSSR count). The number of nitrogens with zero attached hydrogens (tertiary/aromatic N) is 2. The third kappa shape index (κ3) is 3.92. The Hall–Kier alpha value is -1.66. The number of alkyl halides is 3. The van der Waals surface area contributed by atoms with Crippen molar-refractivity contribution in [3.05, 3.63) is 29.6 Å². The van der Waals surface area contributed by atoms with E-state index in [1.165, 1.54) is 6.92 Å². The van der Waals surface area contributed by atoms with Gasteiger partial charge in [-0.1, -0.05) is 6.92 Å². The summed E-state index contributed by atoms with van der Waals surface area (Å²) in [6.45, 7) is 1.14. The summed E-state index contributed by atoms with van der Waals surface area (Å²) in [5, 5.41) is 8.46. The largest absolute Gasteiger partial charge is 0.416 e. The second-order valence-electron chi connectivity index (χ2n) is 4.05. The SMILES string of the molecule is CCN(CCC#N)S(=O)(=O)c1cc(C(F)(F)F)ccc1F. The number of rotatable bonds is 5. The van der Waals surface area contributed by atoms with Crippen molar-refractivity contribution in [2.24, 2.45) is 0 Å². The van der Waals surface area contributed by atoms with Crippen molar-refractivity contribution in [3.8, 4) is 6.07 Å². The van der Waals surface area contributed by atoms with Crippen LogP contribution in [0.2, 0.25) is 0 Å². The number of benzene rings is 1. The topological polar surface area (TPSA) is 61.2 Å². The van der Waals surface area contributed by atoms with Crippen molar-refractivity contribution >= 4 is 10.0 Å². The van der Waals surface area contributed by atoms with Crippen molar-refractivity contribution < 1.29 is 26.0 Å². The Morgan fingerprint density at radius 1 is 1.33 bits per heavy atom. The third-order valence-corrected chi connectivity index (χ3v) is 4.69. The lowest BCUT2D eigenvalue weighted by Crippen LogP contribution is -2.32. The minimum absolute atomic E-state index is 0.0836. The fraction of sp³-hybridized carbons (Fsp3) is 0.417. The number of halogens is 4. The Bertz CT molecular complexity index is 650. The fourth-order valence-electron chi connectivity index (χ4n) is 1.64. The zero-order chi connectivity index (χ0) is 16.3. The highest BCUT2D eigenvalue weighted by molar-refractivity contribution is 7.89. The highest BCUT2D eigenvalue weighted by atomic mass is 32.2. The zero-order valence-corrected chi connectivity index (χ0v) is 11.8. The van der Waals surface area contributed by atoms with Gasteiger partial charge in [-0.15, -0.1) is 0 Å². The maximum Gasteiger partial charge on any atom is 0.416 e. The van der Waals surface area contributed by atoms with Crippen LogP contribution in [0.15, 0.2) is 23.1 Å². The minimum atomic E-state index is -4.78. The second kappa shape index (κ2) is 6.41. The monoisotopic (exact) mass is 324 g/mol. The highest BCUT2D eigenvalue weighted by Gasteiger charge is 2.34. The molecular weight excluding hydrogens is 312 g/mol. The van der Waals surface area contributed by atoms with Crippen LogP contribution in [0.1, 0.15) is 18.9 Å². The first-order chi connectivity index (χ1) is 9.64. The van der Waals surface area contributed by atoms with Crippen LogP contribution in [0.25, 0.3) is 0 Å². The van der Waals surface area contributed by atoms with Gasteiger partial charge in [-0.05, 0) is 18.2 Å². The van der Waals surface area contributed by atoms with Crippen molar-refractivity contribution in [3.63, 3.8) is 0 Å². The number of nitriles is 1. The van der Waals surface area contributed by atoms with Gasteiger partial charge in [0.2, 0.25) is 10.0 Å². The van der Waals surface area contributed by atoms with E-state index in [1.54, 1.807) is 6.07 Å². The van der Waals surface area contributed by atoms with E-state index in [2.05, 4.69) is 0 Å². The summed E-state index contributed by atoms with van der Waals surface area (Å²) in [5.74, 6) is -1.27. The molecule has 0 aliphatic carbocycles. The van der Waals surface area contributed by atoms with E-state index in [4.69, 9.17) is 5.26 Å². The van der Waals surface area contributed by atoms with Crippen molar-refractivity contribution in [2.75, 3.05) is 13.1 Å². The van der Waals surface area contributed by atoms with Crippen LogP contribution in [0, 0.1) is 17.1 Å². The molecule has 0 heterocycles. The summed E-state index contributed by atoms with van der Waals surface area (Å²) >= 11 is 0. The molecule has 0 aliphatic rings. The first kappa shape index (κ1) is 17.4. The molecule has 0 saturated carbocycles. The quantitative estimate of drug-likeness (QED) is 0.783. The molecule has 9 heteroatoms. The van der Waals surface area contributed by atoms with Gasteiger partial charge in [-0.25, -0.2) is 12.8 Å². The molecule has 0 N–H and O–H groups in total. The van der Waals surface area contributed by atoms with Crippen molar-refractivity contribution in [1.82, 2.24) is 4.31 Å². The molecule has 0 saturated heterocycles. The van der Waals surface area contributed by atoms with Crippen LogP contribution in [-0.2, 0) is 16.2 Å². The lowest BCUT2D eigenvalue weighted by atomic mass is 10.2. The Morgan fingerprint density at radius 2 is 1.95 bits per heavy atom. The molecule has 1 aromatic rings. The molecule has 0 bridgehead atoms. The van der Waals surface area contributed by atoms with Crippen LogP contribution in [0.5, 0.6) is 0 Å². The van der Waals surface area contributed by atoms with E-state index >= 15 is 0 Å². The Morgan fingerprint density at radius 3 is 2.43 bits per heavy atom. The molecule has 0 spiro atoms. The van der Waals surface area contributed by atoms with Gasteiger partial charge < -0.3 is 0 Å². The van der Waals surface area contributed by atoms with Gasteiger partial charge in [0.25, 0.3) is 0 Å². The molecular formula is C12H12F4N2O2S. The highest BCUT2D eigenvalue weighted by Crippen LogP contribution is 2.32. The molecule has 0 aliphatic heterocycles. The minimum Gasteiger partial charge on any atom is -0.207 e. The Labute approximate surface area is 119 Å². The van der Waals surface area contributed by atoms with Gasteiger partial charge in [-0.3, -0.25) is 0 Å². The van der Waals surface area contributed by atoms with E-state index in [9.17, 15) is 26.0 Å². The molecule has 0 unspecified atom stereocenters. The number of sulfonamides is 1. The summed E-state index contributed by atoms with van der Waals surface area (Å²) < 4.78 is 76.5. The average molecular weight is 324 g/mol. The standard InChI is InChI=1S/C12H12F4N2O2S/c1-2-18(7-3-6-17)21(19,20)11-8-9(12(14,15)16)4-5-10(11)13/h4-5,8H,2-3,7H2,1H3. The lowest BCUT2D eigenvalue weighted by Gasteiger charge is -2.20. The maximum absolute atomic E-state index is 13.6. The normalized spacial score (nSPS) is 12.4. The molecule has 0 amide bonds. The van der Waals surface area contributed by atoms with Crippen molar-refractivity contribution in [2.45, 2.75) is 24.4 Å². The van der Waals surface area contributed by atoms with E-state index < -0.39 is 32.5 Å². The molecule has 4 nitrogen and oxygen atoms in total. The Kier molecular flexibility index (Phi) is 5.31. The number of hydrogen-bond donors (Lipinski definition) is 0. The van der Waals surface area contributed by atoms with Crippen LogP contribution >= 0.6 is 0 Å². The second-order valence-corrected chi connectivity index (χ2v) is 5.95. The predicted molar refractivity (Wildman–Crippen MR) is 66.1 cm³/mol. The molecule has 0 fully saturated rings. The lowest BCUT2D eigenvalue weighted by molar-refractivity contribution is -0.137. The van der Waals surface area contributed by atoms with Gasteiger partial charge in [0.1, 0.15) is 10.7 Å². The summed E-state index contributed by atoms with van der Waals surface area (Å²) in [6, 6.07) is 2.93. The van der Waals surface area contributed by atoms with Crippen LogP contribution in [0.3, 0.4) is 0 Å². The molecule has 0 atom stereocenters. The summed E-state index contributed by atoms with van der Waals surface area (Å²) in [4.78, 5) is -1.04. The zero-order valence-electron chi connectivity index (χ0n) is 11.0. The van der Waals surface area contributed by atoms with Gasteiger partial charge in [0, 0.05) is 19.5 Å².